The summed E-state index contributed by atoms with van der Waals surface area (Å²) in [5, 5.41) is 0.523. The molecule has 6 heteroatoms. The van der Waals surface area contributed by atoms with E-state index in [2.05, 4.69) is 18.7 Å². The quantitative estimate of drug-likeness (QED) is 0.464. The first-order chi connectivity index (χ1) is 11.1. The van der Waals surface area contributed by atoms with Crippen molar-refractivity contribution in [1.29, 1.82) is 0 Å². The molecule has 5 nitrogen and oxygen atoms in total. The molecule has 1 rings (SSSR count). The fourth-order valence-electron chi connectivity index (χ4n) is 2.16. The highest BCUT2D eigenvalue weighted by molar-refractivity contribution is 6.33. The topological polar surface area (TPSA) is 57.0 Å². The number of rotatable bonds is 12. The lowest BCUT2D eigenvalue weighted by molar-refractivity contribution is 0.129. The molecule has 0 spiro atoms. The average Bonchev–Trinajstić information content (AvgIpc) is 2.55. The molecule has 0 saturated heterocycles. The van der Waals surface area contributed by atoms with E-state index >= 15 is 0 Å². The number of hydrogen-bond donors (Lipinski definition) is 1. The number of benzene rings is 1. The third-order valence-corrected chi connectivity index (χ3v) is 3.67. The molecule has 0 fully saturated rings. The van der Waals surface area contributed by atoms with Gasteiger partial charge >= 0.3 is 0 Å². The molecular formula is C17H29ClN2O3. The van der Waals surface area contributed by atoms with Crippen molar-refractivity contribution in [3.63, 3.8) is 0 Å². The highest BCUT2D eigenvalue weighted by atomic mass is 35.5. The fraction of sp³-hybridized carbons (Fsp3) is 0.647. The Bertz CT molecular complexity index is 446. The minimum absolute atomic E-state index is 0.511. The van der Waals surface area contributed by atoms with Crippen molar-refractivity contribution in [2.24, 2.45) is 0 Å². The summed E-state index contributed by atoms with van der Waals surface area (Å²) in [6.45, 7) is 8.50. The number of halogens is 1. The maximum absolute atomic E-state index is 6.18. The number of methoxy groups -OCH3 is 1. The van der Waals surface area contributed by atoms with Crippen LogP contribution >= 0.6 is 11.6 Å². The maximum atomic E-state index is 6.18. The van der Waals surface area contributed by atoms with Crippen LogP contribution in [0.4, 0.5) is 11.4 Å². The first-order valence-electron chi connectivity index (χ1n) is 8.17. The van der Waals surface area contributed by atoms with E-state index in [4.69, 9.17) is 31.5 Å². The van der Waals surface area contributed by atoms with Gasteiger partial charge in [-0.25, -0.2) is 0 Å². The Morgan fingerprint density at radius 3 is 2.04 bits per heavy atom. The standard InChI is InChI=1S/C17H29ClN2O3/c1-4-8-22-10-6-20(7-11-23-9-5-2)16-12-14(18)15(19)13-17(16)21-3/h12-13H,4-11,19H2,1-3H3. The lowest BCUT2D eigenvalue weighted by atomic mass is 10.2. The Morgan fingerprint density at radius 1 is 1.00 bits per heavy atom. The van der Waals surface area contributed by atoms with E-state index in [9.17, 15) is 0 Å². The van der Waals surface area contributed by atoms with Crippen LogP contribution in [0.25, 0.3) is 0 Å². The molecule has 1 aromatic rings. The molecule has 0 aliphatic heterocycles. The number of anilines is 2. The molecule has 2 N–H and O–H groups in total. The molecule has 0 aromatic heterocycles. The van der Waals surface area contributed by atoms with Crippen molar-refractivity contribution in [3.05, 3.63) is 17.2 Å². The molecule has 0 saturated carbocycles. The van der Waals surface area contributed by atoms with E-state index in [1.165, 1.54) is 0 Å². The largest absolute Gasteiger partial charge is 0.495 e. The van der Waals surface area contributed by atoms with E-state index in [1.807, 2.05) is 6.07 Å². The first kappa shape index (κ1) is 19.9. The maximum Gasteiger partial charge on any atom is 0.144 e. The van der Waals surface area contributed by atoms with Crippen molar-refractivity contribution in [2.45, 2.75) is 26.7 Å². The van der Waals surface area contributed by atoms with Crippen LogP contribution in [0, 0.1) is 0 Å². The number of ether oxygens (including phenoxy) is 3. The van der Waals surface area contributed by atoms with E-state index in [1.54, 1.807) is 13.2 Å². The predicted molar refractivity (Wildman–Crippen MR) is 96.8 cm³/mol. The van der Waals surface area contributed by atoms with E-state index < -0.39 is 0 Å². The van der Waals surface area contributed by atoms with Gasteiger partial charge in [0.05, 0.1) is 36.7 Å². The SMILES string of the molecule is CCCOCCN(CCOCCC)c1cc(Cl)c(N)cc1OC. The van der Waals surface area contributed by atoms with Gasteiger partial charge < -0.3 is 24.8 Å². The van der Waals surface area contributed by atoms with Crippen molar-refractivity contribution in [3.8, 4) is 5.75 Å². The molecule has 0 aliphatic rings. The Kier molecular flexibility index (Phi) is 9.83. The number of nitrogens with two attached hydrogens (primary N) is 1. The number of nitrogen functional groups attached to an aromatic ring is 1. The Balaban J connectivity index is 2.81. The lowest BCUT2D eigenvalue weighted by Gasteiger charge is -2.27. The van der Waals surface area contributed by atoms with E-state index in [0.29, 0.717) is 29.7 Å². The number of nitrogens with zero attached hydrogens (tertiary/aromatic N) is 1. The zero-order valence-corrected chi connectivity index (χ0v) is 15.2. The van der Waals surface area contributed by atoms with Crippen LogP contribution in [-0.4, -0.2) is 46.6 Å². The predicted octanol–water partition coefficient (Wildman–Crippen LogP) is 3.59. The van der Waals surface area contributed by atoms with Crippen LogP contribution < -0.4 is 15.4 Å². The third-order valence-electron chi connectivity index (χ3n) is 3.35. The molecule has 0 radical (unpaired) electrons. The van der Waals surface area contributed by atoms with Crippen LogP contribution in [-0.2, 0) is 9.47 Å². The molecule has 23 heavy (non-hydrogen) atoms. The van der Waals surface area contributed by atoms with Gasteiger partial charge in [-0.1, -0.05) is 25.4 Å². The zero-order valence-electron chi connectivity index (χ0n) is 14.4. The van der Waals surface area contributed by atoms with Gasteiger partial charge in [-0.3, -0.25) is 0 Å². The van der Waals surface area contributed by atoms with Gasteiger partial charge in [0, 0.05) is 32.4 Å². The summed E-state index contributed by atoms with van der Waals surface area (Å²) in [4.78, 5) is 2.16. The molecule has 0 atom stereocenters. The second kappa shape index (κ2) is 11.4. The van der Waals surface area contributed by atoms with Gasteiger partial charge in [0.2, 0.25) is 0 Å². The fourth-order valence-corrected chi connectivity index (χ4v) is 2.32. The van der Waals surface area contributed by atoms with Gasteiger partial charge in [-0.15, -0.1) is 0 Å². The van der Waals surface area contributed by atoms with Gasteiger partial charge in [0.25, 0.3) is 0 Å². The van der Waals surface area contributed by atoms with Crippen molar-refractivity contribution >= 4 is 23.0 Å². The lowest BCUT2D eigenvalue weighted by Crippen LogP contribution is -2.31. The minimum atomic E-state index is 0.511. The third kappa shape index (κ3) is 6.85. The summed E-state index contributed by atoms with van der Waals surface area (Å²) < 4.78 is 16.7. The summed E-state index contributed by atoms with van der Waals surface area (Å²) >= 11 is 6.18. The second-order valence-electron chi connectivity index (χ2n) is 5.26. The first-order valence-corrected chi connectivity index (χ1v) is 8.55. The average molecular weight is 345 g/mol. The van der Waals surface area contributed by atoms with Crippen molar-refractivity contribution in [2.75, 3.05) is 57.3 Å². The molecule has 0 aliphatic carbocycles. The van der Waals surface area contributed by atoms with Gasteiger partial charge in [0.1, 0.15) is 5.75 Å². The van der Waals surface area contributed by atoms with Gasteiger partial charge in [-0.05, 0) is 18.9 Å². The van der Waals surface area contributed by atoms with Crippen LogP contribution in [0.15, 0.2) is 12.1 Å². The Morgan fingerprint density at radius 2 is 1.57 bits per heavy atom. The second-order valence-corrected chi connectivity index (χ2v) is 5.66. The molecule has 1 aromatic carbocycles. The van der Waals surface area contributed by atoms with Crippen LogP contribution in [0.3, 0.4) is 0 Å². The molecular weight excluding hydrogens is 316 g/mol. The Hall–Kier alpha value is -1.17. The summed E-state index contributed by atoms with van der Waals surface area (Å²) in [5.41, 5.74) is 7.28. The van der Waals surface area contributed by atoms with Gasteiger partial charge in [-0.2, -0.15) is 0 Å². The molecule has 0 heterocycles. The van der Waals surface area contributed by atoms with Crippen molar-refractivity contribution < 1.29 is 14.2 Å². The summed E-state index contributed by atoms with van der Waals surface area (Å²) in [7, 11) is 1.63. The molecule has 0 amide bonds. The molecule has 0 bridgehead atoms. The normalized spacial score (nSPS) is 10.8. The summed E-state index contributed by atoms with van der Waals surface area (Å²) in [6, 6.07) is 3.60. The van der Waals surface area contributed by atoms with Crippen molar-refractivity contribution in [1.82, 2.24) is 0 Å². The van der Waals surface area contributed by atoms with Crippen LogP contribution in [0.1, 0.15) is 26.7 Å². The summed E-state index contributed by atoms with van der Waals surface area (Å²) in [5.74, 6) is 0.706. The minimum Gasteiger partial charge on any atom is -0.495 e. The monoisotopic (exact) mass is 344 g/mol. The van der Waals surface area contributed by atoms with Gasteiger partial charge in [0.15, 0.2) is 0 Å². The summed E-state index contributed by atoms with van der Waals surface area (Å²) in [6.07, 6.45) is 2.02. The number of hydrogen-bond acceptors (Lipinski definition) is 5. The highest BCUT2D eigenvalue weighted by Gasteiger charge is 2.15. The van der Waals surface area contributed by atoms with E-state index in [-0.39, 0.29) is 0 Å². The zero-order chi connectivity index (χ0) is 17.1. The Labute approximate surface area is 144 Å². The smallest absolute Gasteiger partial charge is 0.144 e. The van der Waals surface area contributed by atoms with Crippen LogP contribution in [0.2, 0.25) is 5.02 Å². The van der Waals surface area contributed by atoms with Crippen LogP contribution in [0.5, 0.6) is 5.75 Å². The molecule has 132 valence electrons. The van der Waals surface area contributed by atoms with E-state index in [0.717, 1.165) is 44.8 Å². The molecule has 0 unspecified atom stereocenters. The highest BCUT2D eigenvalue weighted by Crippen LogP contribution is 2.35.